The average Bonchev–Trinajstić information content (AvgIpc) is 2.48. The predicted molar refractivity (Wildman–Crippen MR) is 89.7 cm³/mol. The van der Waals surface area contributed by atoms with E-state index < -0.39 is 6.04 Å². The van der Waals surface area contributed by atoms with Gasteiger partial charge in [0.05, 0.1) is 20.3 Å². The van der Waals surface area contributed by atoms with Crippen molar-refractivity contribution >= 4 is 39.1 Å². The Hall–Kier alpha value is -0.940. The van der Waals surface area contributed by atoms with Gasteiger partial charge in [-0.3, -0.25) is 0 Å². The summed E-state index contributed by atoms with van der Waals surface area (Å²) in [4.78, 5) is 0. The largest absolute Gasteiger partial charge is 0.495 e. The second-order valence-electron chi connectivity index (χ2n) is 4.35. The van der Waals surface area contributed by atoms with Gasteiger partial charge in [0.1, 0.15) is 16.0 Å². The van der Waals surface area contributed by atoms with Crippen molar-refractivity contribution in [1.29, 1.82) is 0 Å². The highest BCUT2D eigenvalue weighted by Crippen LogP contribution is 2.41. The quantitative estimate of drug-likeness (QED) is 0.813. The first-order valence-electron chi connectivity index (χ1n) is 6.10. The van der Waals surface area contributed by atoms with E-state index in [-0.39, 0.29) is 0 Å². The maximum absolute atomic E-state index is 6.34. The van der Waals surface area contributed by atoms with E-state index >= 15 is 0 Å². The fourth-order valence-corrected chi connectivity index (χ4v) is 3.18. The molecule has 0 bridgehead atoms. The normalized spacial score (nSPS) is 12.1. The monoisotopic (exact) mass is 389 g/mol. The van der Waals surface area contributed by atoms with E-state index in [1.807, 2.05) is 12.1 Å². The van der Waals surface area contributed by atoms with Crippen LogP contribution in [0.3, 0.4) is 0 Å². The number of ether oxygens (including phenoxy) is 2. The molecule has 112 valence electrons. The molecule has 0 aromatic heterocycles. The number of benzene rings is 2. The van der Waals surface area contributed by atoms with E-state index in [2.05, 4.69) is 15.9 Å². The number of methoxy groups -OCH3 is 2. The van der Waals surface area contributed by atoms with Crippen molar-refractivity contribution in [3.8, 4) is 11.5 Å². The molecule has 1 unspecified atom stereocenters. The molecule has 2 N–H and O–H groups in total. The molecule has 3 nitrogen and oxygen atoms in total. The van der Waals surface area contributed by atoms with Gasteiger partial charge in [-0.2, -0.15) is 0 Å². The Morgan fingerprint density at radius 2 is 1.76 bits per heavy atom. The van der Waals surface area contributed by atoms with E-state index in [1.165, 1.54) is 0 Å². The van der Waals surface area contributed by atoms with Gasteiger partial charge < -0.3 is 15.2 Å². The summed E-state index contributed by atoms with van der Waals surface area (Å²) in [7, 11) is 3.17. The van der Waals surface area contributed by atoms with Gasteiger partial charge in [-0.05, 0) is 51.8 Å². The van der Waals surface area contributed by atoms with Crippen molar-refractivity contribution in [2.75, 3.05) is 14.2 Å². The molecule has 1 atom stereocenters. The van der Waals surface area contributed by atoms with E-state index in [9.17, 15) is 0 Å². The molecule has 6 heteroatoms. The van der Waals surface area contributed by atoms with Gasteiger partial charge in [-0.25, -0.2) is 0 Å². The number of nitrogens with two attached hydrogens (primary N) is 1. The summed E-state index contributed by atoms with van der Waals surface area (Å²) in [6, 6.07) is 8.41. The summed E-state index contributed by atoms with van der Waals surface area (Å²) in [6.45, 7) is 0. The summed E-state index contributed by atoms with van der Waals surface area (Å²) in [5.74, 6) is 1.28. The van der Waals surface area contributed by atoms with Crippen LogP contribution in [0.2, 0.25) is 10.0 Å². The van der Waals surface area contributed by atoms with Crippen molar-refractivity contribution in [2.45, 2.75) is 6.04 Å². The third-order valence-corrected chi connectivity index (χ3v) is 4.47. The van der Waals surface area contributed by atoms with Crippen molar-refractivity contribution in [1.82, 2.24) is 0 Å². The lowest BCUT2D eigenvalue weighted by Gasteiger charge is -2.19. The molecule has 0 fully saturated rings. The molecule has 0 radical (unpaired) electrons. The van der Waals surface area contributed by atoms with Crippen molar-refractivity contribution in [2.24, 2.45) is 5.73 Å². The van der Waals surface area contributed by atoms with E-state index in [4.69, 9.17) is 38.4 Å². The number of halogens is 3. The fraction of sp³-hybridized carbons (Fsp3) is 0.200. The molecule has 0 amide bonds. The van der Waals surface area contributed by atoms with Gasteiger partial charge in [0.25, 0.3) is 0 Å². The van der Waals surface area contributed by atoms with Crippen LogP contribution in [-0.2, 0) is 0 Å². The van der Waals surface area contributed by atoms with Gasteiger partial charge in [0, 0.05) is 15.6 Å². The van der Waals surface area contributed by atoms with Crippen LogP contribution in [0.25, 0.3) is 0 Å². The topological polar surface area (TPSA) is 44.5 Å². The number of hydrogen-bond acceptors (Lipinski definition) is 3. The van der Waals surface area contributed by atoms with Gasteiger partial charge in [0.2, 0.25) is 0 Å². The molecule has 0 heterocycles. The van der Waals surface area contributed by atoms with Gasteiger partial charge >= 0.3 is 0 Å². The molecule has 2 aromatic carbocycles. The first kappa shape index (κ1) is 16.4. The summed E-state index contributed by atoms with van der Waals surface area (Å²) >= 11 is 15.7. The highest BCUT2D eigenvalue weighted by molar-refractivity contribution is 9.10. The molecule has 0 aliphatic heterocycles. The molecule has 2 aromatic rings. The second kappa shape index (κ2) is 6.88. The summed E-state index contributed by atoms with van der Waals surface area (Å²) in [5, 5.41) is 1.14. The van der Waals surface area contributed by atoms with Crippen LogP contribution in [0, 0.1) is 0 Å². The van der Waals surface area contributed by atoms with E-state index in [0.29, 0.717) is 26.0 Å². The molecule has 0 aliphatic carbocycles. The third kappa shape index (κ3) is 3.29. The molecule has 2 rings (SSSR count). The SMILES string of the molecule is COc1ccc(C(N)c2cc(Cl)ccc2Cl)c(OC)c1Br. The van der Waals surface area contributed by atoms with Crippen LogP contribution < -0.4 is 15.2 Å². The standard InChI is InChI=1S/C15H14BrCl2NO2/c1-20-12-6-4-9(15(21-2)13(12)16)14(19)10-7-8(17)3-5-11(10)18/h3-7,14H,19H2,1-2H3. The number of rotatable bonds is 4. The zero-order valence-electron chi connectivity index (χ0n) is 11.5. The molecule has 0 saturated carbocycles. The summed E-state index contributed by atoms with van der Waals surface area (Å²) in [6.07, 6.45) is 0. The number of hydrogen-bond donors (Lipinski definition) is 1. The first-order chi connectivity index (χ1) is 9.99. The first-order valence-corrected chi connectivity index (χ1v) is 7.65. The molecule has 0 spiro atoms. The van der Waals surface area contributed by atoms with Crippen molar-refractivity contribution in [3.63, 3.8) is 0 Å². The van der Waals surface area contributed by atoms with Crippen LogP contribution >= 0.6 is 39.1 Å². The molecule has 0 aliphatic rings. The Morgan fingerprint density at radius 1 is 1.05 bits per heavy atom. The average molecular weight is 391 g/mol. The lowest BCUT2D eigenvalue weighted by atomic mass is 9.98. The highest BCUT2D eigenvalue weighted by atomic mass is 79.9. The molecule has 0 saturated heterocycles. The zero-order valence-corrected chi connectivity index (χ0v) is 14.6. The smallest absolute Gasteiger partial charge is 0.141 e. The minimum atomic E-state index is -0.464. The molecular formula is C15H14BrCl2NO2. The van der Waals surface area contributed by atoms with Crippen LogP contribution in [0.1, 0.15) is 17.2 Å². The van der Waals surface area contributed by atoms with Gasteiger partial charge in [-0.15, -0.1) is 0 Å². The lowest BCUT2D eigenvalue weighted by Crippen LogP contribution is -2.14. The Labute approximate surface area is 142 Å². The minimum Gasteiger partial charge on any atom is -0.495 e. The Kier molecular flexibility index (Phi) is 5.38. The van der Waals surface area contributed by atoms with Crippen molar-refractivity contribution in [3.05, 3.63) is 56.0 Å². The fourth-order valence-electron chi connectivity index (χ4n) is 2.08. The zero-order chi connectivity index (χ0) is 15.6. The van der Waals surface area contributed by atoms with Crippen molar-refractivity contribution < 1.29 is 9.47 Å². The third-order valence-electron chi connectivity index (χ3n) is 3.14. The highest BCUT2D eigenvalue weighted by Gasteiger charge is 2.21. The lowest BCUT2D eigenvalue weighted by molar-refractivity contribution is 0.385. The van der Waals surface area contributed by atoms with Gasteiger partial charge in [0.15, 0.2) is 0 Å². The maximum atomic E-state index is 6.34. The molecular weight excluding hydrogens is 377 g/mol. The van der Waals surface area contributed by atoms with Gasteiger partial charge in [-0.1, -0.05) is 23.2 Å². The summed E-state index contributed by atoms with van der Waals surface area (Å²) < 4.78 is 11.4. The Morgan fingerprint density at radius 3 is 2.38 bits per heavy atom. The molecule has 21 heavy (non-hydrogen) atoms. The van der Waals surface area contributed by atoms with Crippen LogP contribution in [0.5, 0.6) is 11.5 Å². The maximum Gasteiger partial charge on any atom is 0.141 e. The second-order valence-corrected chi connectivity index (χ2v) is 5.98. The van der Waals surface area contributed by atoms with Crippen LogP contribution in [-0.4, -0.2) is 14.2 Å². The minimum absolute atomic E-state index is 0.464. The van der Waals surface area contributed by atoms with E-state index in [1.54, 1.807) is 32.4 Å². The Bertz CT molecular complexity index is 664. The summed E-state index contributed by atoms with van der Waals surface area (Å²) in [5.41, 5.74) is 7.86. The van der Waals surface area contributed by atoms with Crippen LogP contribution in [0.15, 0.2) is 34.8 Å². The van der Waals surface area contributed by atoms with Crippen LogP contribution in [0.4, 0.5) is 0 Å². The van der Waals surface area contributed by atoms with E-state index in [0.717, 1.165) is 11.1 Å². The Balaban J connectivity index is 2.55. The predicted octanol–water partition coefficient (Wildman–Crippen LogP) is 4.82.